The summed E-state index contributed by atoms with van der Waals surface area (Å²) in [6.45, 7) is 6.70. The molecule has 0 atom stereocenters. The summed E-state index contributed by atoms with van der Waals surface area (Å²) in [5, 5.41) is 0. The van der Waals surface area contributed by atoms with Gasteiger partial charge in [-0.25, -0.2) is 4.79 Å². The zero-order valence-electron chi connectivity index (χ0n) is 17.4. The van der Waals surface area contributed by atoms with Crippen LogP contribution in [0, 0.1) is 6.92 Å². The van der Waals surface area contributed by atoms with Gasteiger partial charge in [0.25, 0.3) is 11.8 Å². The predicted octanol–water partition coefficient (Wildman–Crippen LogP) is 1.25. The Labute approximate surface area is 170 Å². The Bertz CT molecular complexity index is 746. The van der Waals surface area contributed by atoms with E-state index in [9.17, 15) is 14.4 Å². The van der Waals surface area contributed by atoms with Crippen molar-refractivity contribution in [3.05, 3.63) is 23.5 Å². The number of likely N-dealkylation sites (tertiary alicyclic amines) is 1. The van der Waals surface area contributed by atoms with Gasteiger partial charge >= 0.3 is 6.09 Å². The summed E-state index contributed by atoms with van der Waals surface area (Å²) >= 11 is 0. The van der Waals surface area contributed by atoms with Gasteiger partial charge in [-0.2, -0.15) is 0 Å². The van der Waals surface area contributed by atoms with Crippen molar-refractivity contribution in [1.29, 1.82) is 0 Å². The minimum atomic E-state index is -0.921. The van der Waals surface area contributed by atoms with E-state index in [1.54, 1.807) is 41.0 Å². The molecular formula is C20H30N4O5. The van der Waals surface area contributed by atoms with Gasteiger partial charge in [0.15, 0.2) is 0 Å². The second-order valence-electron chi connectivity index (χ2n) is 7.49. The highest BCUT2D eigenvalue weighted by Gasteiger charge is 2.45. The maximum Gasteiger partial charge on any atom is 0.409 e. The number of aromatic nitrogens is 1. The van der Waals surface area contributed by atoms with Gasteiger partial charge in [-0.3, -0.25) is 9.59 Å². The molecule has 3 rings (SSSR count). The Kier molecular flexibility index (Phi) is 6.46. The van der Waals surface area contributed by atoms with Crippen LogP contribution < -0.4 is 0 Å². The van der Waals surface area contributed by atoms with Gasteiger partial charge in [-0.05, 0) is 19.9 Å². The van der Waals surface area contributed by atoms with E-state index in [1.807, 2.05) is 6.92 Å². The molecule has 0 spiro atoms. The van der Waals surface area contributed by atoms with E-state index in [1.165, 1.54) is 0 Å². The SMILES string of the molecule is CCOC(=O)N1CCN(C(=O)C2(OC)CCN(C(=O)c3cc[nH]c3C)CC2)CC1. The maximum atomic E-state index is 13.2. The Balaban J connectivity index is 1.58. The third-order valence-corrected chi connectivity index (χ3v) is 5.92. The van der Waals surface area contributed by atoms with Crippen LogP contribution in [0.25, 0.3) is 0 Å². The van der Waals surface area contributed by atoms with Crippen LogP contribution in [0.1, 0.15) is 35.8 Å². The molecular weight excluding hydrogens is 376 g/mol. The second kappa shape index (κ2) is 8.86. The van der Waals surface area contributed by atoms with Gasteiger partial charge in [-0.1, -0.05) is 0 Å². The molecule has 160 valence electrons. The molecule has 9 nitrogen and oxygen atoms in total. The standard InChI is InChI=1S/C20H30N4O5/c1-4-29-19(27)24-13-11-23(12-14-24)18(26)20(28-3)6-9-22(10-7-20)17(25)16-5-8-21-15(16)2/h5,8,21H,4,6-7,9-14H2,1-3H3. The molecule has 0 bridgehead atoms. The van der Waals surface area contributed by atoms with Crippen LogP contribution in [0.4, 0.5) is 4.79 Å². The molecule has 3 amide bonds. The van der Waals surface area contributed by atoms with Crippen molar-refractivity contribution < 1.29 is 23.9 Å². The second-order valence-corrected chi connectivity index (χ2v) is 7.49. The first-order valence-electron chi connectivity index (χ1n) is 10.1. The fourth-order valence-corrected chi connectivity index (χ4v) is 4.03. The third-order valence-electron chi connectivity index (χ3n) is 5.92. The van der Waals surface area contributed by atoms with Gasteiger partial charge in [0.1, 0.15) is 5.60 Å². The number of aryl methyl sites for hydroxylation is 1. The van der Waals surface area contributed by atoms with Gasteiger partial charge in [0, 0.05) is 71.1 Å². The molecule has 0 saturated carbocycles. The number of aromatic amines is 1. The molecule has 1 aromatic rings. The number of ether oxygens (including phenoxy) is 2. The van der Waals surface area contributed by atoms with Crippen molar-refractivity contribution in [2.75, 3.05) is 53.0 Å². The van der Waals surface area contributed by atoms with Crippen molar-refractivity contribution in [2.45, 2.75) is 32.3 Å². The number of hydrogen-bond donors (Lipinski definition) is 1. The fraction of sp³-hybridized carbons (Fsp3) is 0.650. The summed E-state index contributed by atoms with van der Waals surface area (Å²) in [5.41, 5.74) is 0.584. The maximum absolute atomic E-state index is 13.2. The summed E-state index contributed by atoms with van der Waals surface area (Å²) in [5.74, 6) is -0.0858. The lowest BCUT2D eigenvalue weighted by molar-refractivity contribution is -0.162. The monoisotopic (exact) mass is 406 g/mol. The summed E-state index contributed by atoms with van der Waals surface area (Å²) in [6, 6.07) is 1.78. The first-order valence-corrected chi connectivity index (χ1v) is 10.1. The van der Waals surface area contributed by atoms with E-state index in [-0.39, 0.29) is 17.9 Å². The summed E-state index contributed by atoms with van der Waals surface area (Å²) in [7, 11) is 1.56. The normalized spacial score (nSPS) is 19.2. The number of piperidine rings is 1. The smallest absolute Gasteiger partial charge is 0.409 e. The molecule has 0 radical (unpaired) electrons. The van der Waals surface area contributed by atoms with Gasteiger partial charge < -0.3 is 29.2 Å². The van der Waals surface area contributed by atoms with Gasteiger partial charge in [0.05, 0.1) is 12.2 Å². The first-order chi connectivity index (χ1) is 13.9. The molecule has 2 aliphatic heterocycles. The number of hydrogen-bond acceptors (Lipinski definition) is 5. The van der Waals surface area contributed by atoms with Gasteiger partial charge in [0.2, 0.25) is 0 Å². The van der Waals surface area contributed by atoms with Crippen LogP contribution in [-0.2, 0) is 14.3 Å². The Hall–Kier alpha value is -2.55. The van der Waals surface area contributed by atoms with Crippen molar-refractivity contribution >= 4 is 17.9 Å². The molecule has 2 fully saturated rings. The number of rotatable bonds is 4. The molecule has 1 aromatic heterocycles. The van der Waals surface area contributed by atoms with Crippen molar-refractivity contribution in [1.82, 2.24) is 19.7 Å². The fourth-order valence-electron chi connectivity index (χ4n) is 4.03. The molecule has 9 heteroatoms. The minimum Gasteiger partial charge on any atom is -0.450 e. The highest BCUT2D eigenvalue weighted by atomic mass is 16.6. The molecule has 0 aromatic carbocycles. The Morgan fingerprint density at radius 2 is 1.66 bits per heavy atom. The third kappa shape index (κ3) is 4.24. The van der Waals surface area contributed by atoms with E-state index >= 15 is 0 Å². The summed E-state index contributed by atoms with van der Waals surface area (Å²) in [4.78, 5) is 46.0. The number of methoxy groups -OCH3 is 1. The number of H-pyrrole nitrogens is 1. The van der Waals surface area contributed by atoms with Crippen LogP contribution >= 0.6 is 0 Å². The molecule has 29 heavy (non-hydrogen) atoms. The van der Waals surface area contributed by atoms with Crippen molar-refractivity contribution in [2.24, 2.45) is 0 Å². The number of piperazine rings is 1. The molecule has 1 N–H and O–H groups in total. The molecule has 0 aliphatic carbocycles. The van der Waals surface area contributed by atoms with E-state index in [2.05, 4.69) is 4.98 Å². The zero-order chi connectivity index (χ0) is 21.0. The van der Waals surface area contributed by atoms with E-state index < -0.39 is 5.60 Å². The van der Waals surface area contributed by atoms with Crippen LogP contribution in [0.5, 0.6) is 0 Å². The van der Waals surface area contributed by atoms with Crippen LogP contribution in [0.2, 0.25) is 0 Å². The first kappa shape index (κ1) is 21.2. The lowest BCUT2D eigenvalue weighted by atomic mass is 9.89. The van der Waals surface area contributed by atoms with E-state index in [4.69, 9.17) is 9.47 Å². The molecule has 2 saturated heterocycles. The largest absolute Gasteiger partial charge is 0.450 e. The van der Waals surface area contributed by atoms with E-state index in [0.29, 0.717) is 64.3 Å². The average Bonchev–Trinajstić information content (AvgIpc) is 3.19. The quantitative estimate of drug-likeness (QED) is 0.812. The lowest BCUT2D eigenvalue weighted by Gasteiger charge is -2.44. The lowest BCUT2D eigenvalue weighted by Crippen LogP contribution is -2.60. The van der Waals surface area contributed by atoms with Crippen LogP contribution in [0.3, 0.4) is 0 Å². The highest BCUT2D eigenvalue weighted by molar-refractivity contribution is 5.95. The topological polar surface area (TPSA) is 95.2 Å². The highest BCUT2D eigenvalue weighted by Crippen LogP contribution is 2.29. The van der Waals surface area contributed by atoms with Crippen LogP contribution in [-0.4, -0.2) is 96.2 Å². The zero-order valence-corrected chi connectivity index (χ0v) is 17.4. The minimum absolute atomic E-state index is 0.0241. The predicted molar refractivity (Wildman–Crippen MR) is 106 cm³/mol. The van der Waals surface area contributed by atoms with Crippen LogP contribution in [0.15, 0.2) is 12.3 Å². The van der Waals surface area contributed by atoms with Gasteiger partial charge in [-0.15, -0.1) is 0 Å². The molecule has 3 heterocycles. The van der Waals surface area contributed by atoms with Crippen molar-refractivity contribution in [3.8, 4) is 0 Å². The Morgan fingerprint density at radius 3 is 2.17 bits per heavy atom. The molecule has 2 aliphatic rings. The number of nitrogens with one attached hydrogen (secondary N) is 1. The summed E-state index contributed by atoms with van der Waals surface area (Å²) < 4.78 is 10.7. The number of nitrogens with zero attached hydrogens (tertiary/aromatic N) is 3. The number of amides is 3. The number of carbonyl (C=O) groups is 3. The van der Waals surface area contributed by atoms with Crippen molar-refractivity contribution in [3.63, 3.8) is 0 Å². The molecule has 0 unspecified atom stereocenters. The summed E-state index contributed by atoms with van der Waals surface area (Å²) in [6.07, 6.45) is 2.32. The Morgan fingerprint density at radius 1 is 1.03 bits per heavy atom. The number of carbonyl (C=O) groups excluding carboxylic acids is 3. The van der Waals surface area contributed by atoms with E-state index in [0.717, 1.165) is 5.69 Å². The average molecular weight is 406 g/mol.